The van der Waals surface area contributed by atoms with Crippen LogP contribution in [0.15, 0.2) is 24.3 Å². The first kappa shape index (κ1) is 15.0. The van der Waals surface area contributed by atoms with E-state index < -0.39 is 12.6 Å². The van der Waals surface area contributed by atoms with Gasteiger partial charge in [0.05, 0.1) is 0 Å². The van der Waals surface area contributed by atoms with Gasteiger partial charge in [-0.3, -0.25) is 4.79 Å². The Balaban J connectivity index is 2.36. The summed E-state index contributed by atoms with van der Waals surface area (Å²) >= 11 is 3.28. The summed E-state index contributed by atoms with van der Waals surface area (Å²) in [4.78, 5) is 11.6. The van der Waals surface area contributed by atoms with Crippen LogP contribution < -0.4 is 5.32 Å². The van der Waals surface area contributed by atoms with Gasteiger partial charge in [0.25, 0.3) is 5.91 Å². The van der Waals surface area contributed by atoms with Crippen molar-refractivity contribution in [3.05, 3.63) is 35.4 Å². The first-order valence-corrected chi connectivity index (χ1v) is 6.54. The highest BCUT2D eigenvalue weighted by Crippen LogP contribution is 2.20. The first-order chi connectivity index (χ1) is 8.42. The fraction of sp³-hybridized carbons (Fsp3) is 0.417. The molecule has 0 fully saturated rings. The van der Waals surface area contributed by atoms with Crippen molar-refractivity contribution in [1.29, 1.82) is 0 Å². The maximum Gasteiger partial charge on any atom is 0.389 e. The van der Waals surface area contributed by atoms with Gasteiger partial charge in [-0.15, -0.1) is 0 Å². The van der Waals surface area contributed by atoms with Gasteiger partial charge < -0.3 is 5.32 Å². The van der Waals surface area contributed by atoms with Crippen molar-refractivity contribution in [2.75, 3.05) is 6.54 Å². The Kier molecular flexibility index (Phi) is 5.65. The van der Waals surface area contributed by atoms with Crippen molar-refractivity contribution in [3.63, 3.8) is 0 Å². The lowest BCUT2D eigenvalue weighted by Crippen LogP contribution is -2.25. The van der Waals surface area contributed by atoms with E-state index in [-0.39, 0.29) is 18.9 Å². The van der Waals surface area contributed by atoms with Crippen LogP contribution in [-0.2, 0) is 5.33 Å². The lowest BCUT2D eigenvalue weighted by Gasteiger charge is -2.07. The predicted octanol–water partition coefficient (Wildman–Crippen LogP) is 3.65. The monoisotopic (exact) mass is 323 g/mol. The van der Waals surface area contributed by atoms with Crippen molar-refractivity contribution < 1.29 is 18.0 Å². The minimum Gasteiger partial charge on any atom is -0.352 e. The average molecular weight is 324 g/mol. The van der Waals surface area contributed by atoms with Crippen LogP contribution in [-0.4, -0.2) is 18.6 Å². The van der Waals surface area contributed by atoms with Gasteiger partial charge >= 0.3 is 6.18 Å². The van der Waals surface area contributed by atoms with Crippen molar-refractivity contribution >= 4 is 21.8 Å². The molecule has 0 aromatic heterocycles. The van der Waals surface area contributed by atoms with Crippen LogP contribution in [0, 0.1) is 0 Å². The van der Waals surface area contributed by atoms with Gasteiger partial charge in [-0.05, 0) is 24.1 Å². The summed E-state index contributed by atoms with van der Waals surface area (Å²) in [6, 6.07) is 6.88. The summed E-state index contributed by atoms with van der Waals surface area (Å²) in [5.74, 6) is -0.349. The molecule has 0 aliphatic rings. The molecule has 6 heteroatoms. The predicted molar refractivity (Wildman–Crippen MR) is 66.7 cm³/mol. The van der Waals surface area contributed by atoms with Gasteiger partial charge in [-0.25, -0.2) is 0 Å². The largest absolute Gasteiger partial charge is 0.389 e. The molecule has 1 aromatic rings. The molecule has 0 saturated carbocycles. The van der Waals surface area contributed by atoms with Crippen LogP contribution >= 0.6 is 15.9 Å². The second-order valence-corrected chi connectivity index (χ2v) is 4.37. The summed E-state index contributed by atoms with van der Waals surface area (Å²) in [6.07, 6.45) is -5.15. The molecule has 0 aliphatic carbocycles. The maximum absolute atomic E-state index is 11.9. The molecule has 1 aromatic carbocycles. The second-order valence-electron chi connectivity index (χ2n) is 3.81. The van der Waals surface area contributed by atoms with Crippen LogP contribution in [0.4, 0.5) is 13.2 Å². The van der Waals surface area contributed by atoms with Gasteiger partial charge in [0.15, 0.2) is 0 Å². The van der Waals surface area contributed by atoms with E-state index in [0.717, 1.165) is 5.56 Å². The molecule has 1 rings (SSSR count). The number of alkyl halides is 4. The fourth-order valence-electron chi connectivity index (χ4n) is 1.34. The van der Waals surface area contributed by atoms with E-state index in [0.29, 0.717) is 10.9 Å². The van der Waals surface area contributed by atoms with Gasteiger partial charge in [-0.2, -0.15) is 13.2 Å². The Labute approximate surface area is 112 Å². The van der Waals surface area contributed by atoms with Crippen molar-refractivity contribution in [2.45, 2.75) is 24.3 Å². The second kappa shape index (κ2) is 6.78. The van der Waals surface area contributed by atoms with Crippen molar-refractivity contribution in [2.24, 2.45) is 0 Å². The van der Waals surface area contributed by atoms with E-state index in [4.69, 9.17) is 0 Å². The molecule has 0 heterocycles. The topological polar surface area (TPSA) is 29.1 Å². The number of amides is 1. The summed E-state index contributed by atoms with van der Waals surface area (Å²) < 4.78 is 35.6. The van der Waals surface area contributed by atoms with E-state index in [1.54, 1.807) is 24.3 Å². The Morgan fingerprint density at radius 1 is 1.22 bits per heavy atom. The van der Waals surface area contributed by atoms with Crippen LogP contribution in [0.25, 0.3) is 0 Å². The molecule has 0 saturated heterocycles. The molecule has 1 N–H and O–H groups in total. The van der Waals surface area contributed by atoms with Crippen molar-refractivity contribution in [1.82, 2.24) is 5.32 Å². The van der Waals surface area contributed by atoms with Crippen LogP contribution in [0.5, 0.6) is 0 Å². The first-order valence-electron chi connectivity index (χ1n) is 5.42. The number of hydrogen-bond acceptors (Lipinski definition) is 1. The Morgan fingerprint density at radius 2 is 1.83 bits per heavy atom. The molecule has 1 amide bonds. The zero-order chi connectivity index (χ0) is 13.6. The third-order valence-corrected chi connectivity index (χ3v) is 2.94. The van der Waals surface area contributed by atoms with E-state index >= 15 is 0 Å². The molecule has 0 unspecified atom stereocenters. The minimum absolute atomic E-state index is 0.0263. The molecular formula is C12H13BrF3NO. The average Bonchev–Trinajstić information content (AvgIpc) is 2.33. The highest BCUT2D eigenvalue weighted by Gasteiger charge is 2.25. The van der Waals surface area contributed by atoms with Crippen LogP contribution in [0.1, 0.15) is 28.8 Å². The van der Waals surface area contributed by atoms with Crippen molar-refractivity contribution in [3.8, 4) is 0 Å². The molecule has 0 spiro atoms. The van der Waals surface area contributed by atoms with E-state index in [2.05, 4.69) is 21.2 Å². The number of benzene rings is 1. The molecule has 18 heavy (non-hydrogen) atoms. The smallest absolute Gasteiger partial charge is 0.352 e. The Bertz CT molecular complexity index is 389. The van der Waals surface area contributed by atoms with Gasteiger partial charge in [0.2, 0.25) is 0 Å². The highest BCUT2D eigenvalue weighted by molar-refractivity contribution is 9.08. The summed E-state index contributed by atoms with van der Waals surface area (Å²) in [5.41, 5.74) is 1.48. The number of rotatable bonds is 5. The number of nitrogens with one attached hydrogen (secondary N) is 1. The minimum atomic E-state index is -4.16. The molecular weight excluding hydrogens is 311 g/mol. The SMILES string of the molecule is O=C(NCCCC(F)(F)F)c1ccc(CBr)cc1. The molecule has 2 nitrogen and oxygen atoms in total. The van der Waals surface area contributed by atoms with Crippen LogP contribution in [0.3, 0.4) is 0 Å². The Hall–Kier alpha value is -1.04. The molecule has 0 atom stereocenters. The normalized spacial score (nSPS) is 11.3. The maximum atomic E-state index is 11.9. The van der Waals surface area contributed by atoms with E-state index in [1.807, 2.05) is 0 Å². The van der Waals surface area contributed by atoms with Gasteiger partial charge in [0, 0.05) is 23.9 Å². The summed E-state index contributed by atoms with van der Waals surface area (Å²) in [7, 11) is 0. The zero-order valence-corrected chi connectivity index (χ0v) is 11.1. The number of halogens is 4. The Morgan fingerprint density at radius 3 is 2.33 bits per heavy atom. The number of carbonyl (C=O) groups is 1. The third kappa shape index (κ3) is 5.53. The number of hydrogen-bond donors (Lipinski definition) is 1. The third-order valence-electron chi connectivity index (χ3n) is 2.29. The standard InChI is InChI=1S/C12H13BrF3NO/c13-8-9-2-4-10(5-3-9)11(18)17-7-1-6-12(14,15)16/h2-5H,1,6-8H2,(H,17,18). The van der Waals surface area contributed by atoms with Gasteiger partial charge in [-0.1, -0.05) is 28.1 Å². The molecule has 100 valence electrons. The number of carbonyl (C=O) groups excluding carboxylic acids is 1. The van der Waals surface area contributed by atoms with E-state index in [1.165, 1.54) is 0 Å². The van der Waals surface area contributed by atoms with Crippen LogP contribution in [0.2, 0.25) is 0 Å². The zero-order valence-electron chi connectivity index (χ0n) is 9.56. The molecule has 0 aliphatic heterocycles. The summed E-state index contributed by atoms with van der Waals surface area (Å²) in [5, 5.41) is 3.15. The summed E-state index contributed by atoms with van der Waals surface area (Å²) in [6.45, 7) is 0.0263. The lowest BCUT2D eigenvalue weighted by atomic mass is 10.1. The lowest BCUT2D eigenvalue weighted by molar-refractivity contribution is -0.135. The highest BCUT2D eigenvalue weighted by atomic mass is 79.9. The molecule has 0 radical (unpaired) electrons. The van der Waals surface area contributed by atoms with E-state index in [9.17, 15) is 18.0 Å². The molecule has 0 bridgehead atoms. The fourth-order valence-corrected chi connectivity index (χ4v) is 1.71. The quantitative estimate of drug-likeness (QED) is 0.650. The van der Waals surface area contributed by atoms with Gasteiger partial charge in [0.1, 0.15) is 0 Å².